The standard InChI is InChI=1S/C14H21N3O3/c1-5-11-15-10-8-17(13(19)20-14(2,3)4)7-6-9(10)12(18)16-11/h5-8H2,1-4H3,(H,15,16,18). The molecule has 20 heavy (non-hydrogen) atoms. The zero-order chi connectivity index (χ0) is 14.9. The van der Waals surface area contributed by atoms with Gasteiger partial charge in [0.2, 0.25) is 0 Å². The van der Waals surface area contributed by atoms with Gasteiger partial charge in [-0.3, -0.25) is 4.79 Å². The van der Waals surface area contributed by atoms with Crippen LogP contribution in [0.5, 0.6) is 0 Å². The van der Waals surface area contributed by atoms with Gasteiger partial charge in [-0.15, -0.1) is 0 Å². The van der Waals surface area contributed by atoms with E-state index < -0.39 is 5.60 Å². The van der Waals surface area contributed by atoms with E-state index in [4.69, 9.17) is 4.74 Å². The number of hydrogen-bond acceptors (Lipinski definition) is 4. The number of hydrogen-bond donors (Lipinski definition) is 1. The average Bonchev–Trinajstić information content (AvgIpc) is 2.35. The summed E-state index contributed by atoms with van der Waals surface area (Å²) in [5, 5.41) is 0. The summed E-state index contributed by atoms with van der Waals surface area (Å²) in [5.74, 6) is 0.653. The second kappa shape index (κ2) is 5.26. The van der Waals surface area contributed by atoms with Gasteiger partial charge in [0.1, 0.15) is 11.4 Å². The smallest absolute Gasteiger partial charge is 0.410 e. The second-order valence-corrected chi connectivity index (χ2v) is 5.94. The molecule has 1 aromatic heterocycles. The van der Waals surface area contributed by atoms with Crippen LogP contribution < -0.4 is 5.56 Å². The SMILES string of the molecule is CCc1nc2c(c(=O)[nH]1)CCN(C(=O)OC(C)(C)C)C2. The third-order valence-electron chi connectivity index (χ3n) is 3.11. The van der Waals surface area contributed by atoms with Crippen LogP contribution in [-0.4, -0.2) is 33.1 Å². The molecule has 1 N–H and O–H groups in total. The summed E-state index contributed by atoms with van der Waals surface area (Å²) >= 11 is 0. The molecule has 0 unspecified atom stereocenters. The minimum atomic E-state index is -0.520. The van der Waals surface area contributed by atoms with E-state index >= 15 is 0 Å². The third kappa shape index (κ3) is 3.18. The Bertz CT molecular complexity index is 572. The number of rotatable bonds is 1. The molecule has 1 aromatic rings. The molecule has 0 radical (unpaired) electrons. The molecule has 110 valence electrons. The van der Waals surface area contributed by atoms with Crippen LogP contribution in [0.4, 0.5) is 4.79 Å². The number of amides is 1. The summed E-state index contributed by atoms with van der Waals surface area (Å²) in [6.07, 6.45) is 0.818. The quantitative estimate of drug-likeness (QED) is 0.847. The Morgan fingerprint density at radius 3 is 2.75 bits per heavy atom. The van der Waals surface area contributed by atoms with Gasteiger partial charge in [0.25, 0.3) is 5.56 Å². The zero-order valence-corrected chi connectivity index (χ0v) is 12.4. The maximum atomic E-state index is 12.1. The highest BCUT2D eigenvalue weighted by Gasteiger charge is 2.27. The Morgan fingerprint density at radius 1 is 1.45 bits per heavy atom. The lowest BCUT2D eigenvalue weighted by Gasteiger charge is -2.30. The molecule has 0 spiro atoms. The first-order valence-electron chi connectivity index (χ1n) is 6.89. The Morgan fingerprint density at radius 2 is 2.15 bits per heavy atom. The van der Waals surface area contributed by atoms with Crippen molar-refractivity contribution in [2.24, 2.45) is 0 Å². The number of aromatic nitrogens is 2. The van der Waals surface area contributed by atoms with Crippen molar-refractivity contribution >= 4 is 6.09 Å². The van der Waals surface area contributed by atoms with Crippen molar-refractivity contribution in [1.29, 1.82) is 0 Å². The minimum Gasteiger partial charge on any atom is -0.444 e. The molecule has 6 nitrogen and oxygen atoms in total. The Balaban J connectivity index is 2.20. The lowest BCUT2D eigenvalue weighted by molar-refractivity contribution is 0.0220. The monoisotopic (exact) mass is 279 g/mol. The van der Waals surface area contributed by atoms with Crippen LogP contribution in [0.15, 0.2) is 4.79 Å². The molecule has 0 bridgehead atoms. The van der Waals surface area contributed by atoms with Gasteiger partial charge in [-0.1, -0.05) is 6.92 Å². The van der Waals surface area contributed by atoms with Crippen molar-refractivity contribution in [2.75, 3.05) is 6.54 Å². The summed E-state index contributed by atoms with van der Waals surface area (Å²) in [6, 6.07) is 0. The molecule has 0 saturated heterocycles. The van der Waals surface area contributed by atoms with Crippen LogP contribution in [0.1, 0.15) is 44.8 Å². The topological polar surface area (TPSA) is 75.3 Å². The number of carbonyl (C=O) groups is 1. The van der Waals surface area contributed by atoms with Gasteiger partial charge in [-0.25, -0.2) is 9.78 Å². The van der Waals surface area contributed by atoms with Crippen molar-refractivity contribution in [1.82, 2.24) is 14.9 Å². The van der Waals surface area contributed by atoms with Gasteiger partial charge >= 0.3 is 6.09 Å². The first-order chi connectivity index (χ1) is 9.30. The predicted molar refractivity (Wildman–Crippen MR) is 74.6 cm³/mol. The van der Waals surface area contributed by atoms with E-state index in [-0.39, 0.29) is 11.7 Å². The largest absolute Gasteiger partial charge is 0.444 e. The van der Waals surface area contributed by atoms with Crippen LogP contribution in [0.3, 0.4) is 0 Å². The van der Waals surface area contributed by atoms with E-state index in [1.165, 1.54) is 0 Å². The molecule has 0 saturated carbocycles. The van der Waals surface area contributed by atoms with Crippen molar-refractivity contribution in [3.63, 3.8) is 0 Å². The lowest BCUT2D eigenvalue weighted by Crippen LogP contribution is -2.42. The number of carbonyl (C=O) groups excluding carboxylic acids is 1. The van der Waals surface area contributed by atoms with Crippen molar-refractivity contribution in [2.45, 2.75) is 52.7 Å². The van der Waals surface area contributed by atoms with E-state index in [2.05, 4.69) is 9.97 Å². The normalized spacial score (nSPS) is 14.9. The third-order valence-corrected chi connectivity index (χ3v) is 3.11. The van der Waals surface area contributed by atoms with Gasteiger partial charge < -0.3 is 14.6 Å². The number of ether oxygens (including phenoxy) is 1. The van der Waals surface area contributed by atoms with Crippen molar-refractivity contribution in [3.05, 3.63) is 27.4 Å². The highest BCUT2D eigenvalue weighted by molar-refractivity contribution is 5.68. The van der Waals surface area contributed by atoms with E-state index in [0.717, 1.165) is 0 Å². The molecule has 1 aliphatic heterocycles. The Labute approximate surface area is 118 Å². The van der Waals surface area contributed by atoms with Crippen LogP contribution in [0, 0.1) is 0 Å². The Kier molecular flexibility index (Phi) is 3.83. The first kappa shape index (κ1) is 14.6. The van der Waals surface area contributed by atoms with E-state index in [9.17, 15) is 9.59 Å². The molecule has 1 amide bonds. The molecule has 0 fully saturated rings. The van der Waals surface area contributed by atoms with Gasteiger partial charge in [0, 0.05) is 18.5 Å². The van der Waals surface area contributed by atoms with Gasteiger partial charge in [-0.2, -0.15) is 0 Å². The maximum Gasteiger partial charge on any atom is 0.410 e. The zero-order valence-electron chi connectivity index (χ0n) is 12.4. The summed E-state index contributed by atoms with van der Waals surface area (Å²) in [5.41, 5.74) is 0.758. The highest BCUT2D eigenvalue weighted by atomic mass is 16.6. The molecule has 0 atom stereocenters. The fourth-order valence-electron chi connectivity index (χ4n) is 2.14. The summed E-state index contributed by atoms with van der Waals surface area (Å²) in [4.78, 5) is 32.8. The first-order valence-corrected chi connectivity index (χ1v) is 6.89. The number of H-pyrrole nitrogens is 1. The molecule has 0 aliphatic carbocycles. The number of nitrogens with zero attached hydrogens (tertiary/aromatic N) is 2. The van der Waals surface area contributed by atoms with Crippen LogP contribution in [-0.2, 0) is 24.1 Å². The van der Waals surface area contributed by atoms with Gasteiger partial charge in [0.15, 0.2) is 0 Å². The number of aromatic amines is 1. The fraction of sp³-hybridized carbons (Fsp3) is 0.643. The van der Waals surface area contributed by atoms with Crippen molar-refractivity contribution in [3.8, 4) is 0 Å². The predicted octanol–water partition coefficient (Wildman–Crippen LogP) is 1.63. The van der Waals surface area contributed by atoms with E-state index in [1.54, 1.807) is 4.90 Å². The number of fused-ring (bicyclic) bond motifs is 1. The number of nitrogens with one attached hydrogen (secondary N) is 1. The molecule has 6 heteroatoms. The lowest BCUT2D eigenvalue weighted by atomic mass is 10.1. The van der Waals surface area contributed by atoms with Crippen molar-refractivity contribution < 1.29 is 9.53 Å². The average molecular weight is 279 g/mol. The molecule has 0 aromatic carbocycles. The fourth-order valence-corrected chi connectivity index (χ4v) is 2.14. The maximum absolute atomic E-state index is 12.1. The molecule has 2 rings (SSSR count). The van der Waals surface area contributed by atoms with Crippen LogP contribution >= 0.6 is 0 Å². The van der Waals surface area contributed by atoms with Crippen LogP contribution in [0.2, 0.25) is 0 Å². The summed E-state index contributed by atoms with van der Waals surface area (Å²) in [7, 11) is 0. The molecular weight excluding hydrogens is 258 g/mol. The molecule has 1 aliphatic rings. The van der Waals surface area contributed by atoms with Crippen LogP contribution in [0.25, 0.3) is 0 Å². The van der Waals surface area contributed by atoms with Gasteiger partial charge in [0.05, 0.1) is 12.2 Å². The Hall–Kier alpha value is -1.85. The van der Waals surface area contributed by atoms with E-state index in [1.807, 2.05) is 27.7 Å². The molecular formula is C14H21N3O3. The van der Waals surface area contributed by atoms with Gasteiger partial charge in [-0.05, 0) is 27.2 Å². The number of aryl methyl sites for hydroxylation is 1. The summed E-state index contributed by atoms with van der Waals surface area (Å²) in [6.45, 7) is 8.25. The minimum absolute atomic E-state index is 0.0873. The summed E-state index contributed by atoms with van der Waals surface area (Å²) < 4.78 is 5.35. The van der Waals surface area contributed by atoms with E-state index in [0.29, 0.717) is 43.0 Å². The molecule has 2 heterocycles. The second-order valence-electron chi connectivity index (χ2n) is 5.94. The highest BCUT2D eigenvalue weighted by Crippen LogP contribution is 2.17.